The quantitative estimate of drug-likeness (QED) is 0.175. The molecule has 8 aromatic carbocycles. The van der Waals surface area contributed by atoms with Crippen LogP contribution in [0.4, 0.5) is 0 Å². The Bertz CT molecular complexity index is 3140. The molecule has 3 heterocycles. The fourth-order valence-electron chi connectivity index (χ4n) is 8.39. The minimum absolute atomic E-state index is 0.912. The van der Waals surface area contributed by atoms with Crippen molar-refractivity contribution in [2.75, 3.05) is 0 Å². The minimum atomic E-state index is 0.912. The molecule has 3 aromatic heterocycles. The highest BCUT2D eigenvalue weighted by Gasteiger charge is 2.22. The van der Waals surface area contributed by atoms with Crippen molar-refractivity contribution >= 4 is 85.8 Å². The minimum Gasteiger partial charge on any atom is -0.455 e. The molecule has 0 spiro atoms. The van der Waals surface area contributed by atoms with Crippen LogP contribution >= 0.6 is 11.3 Å². The Morgan fingerprint density at radius 3 is 1.73 bits per heavy atom. The maximum atomic E-state index is 6.78. The van der Waals surface area contributed by atoms with Crippen LogP contribution in [0.5, 0.6) is 0 Å². The number of aromatic nitrogens is 1. The molecule has 3 heteroatoms. The van der Waals surface area contributed by atoms with E-state index in [0.29, 0.717) is 0 Å². The summed E-state index contributed by atoms with van der Waals surface area (Å²) in [5.41, 5.74) is 10.1. The maximum Gasteiger partial charge on any atom is 0.143 e. The second-order valence-corrected chi connectivity index (χ2v) is 14.5. The normalized spacial score (nSPS) is 12.0. The summed E-state index contributed by atoms with van der Waals surface area (Å²) in [6.45, 7) is 2.12. The Morgan fingerprint density at radius 1 is 0.471 bits per heavy atom. The molecule has 0 radical (unpaired) electrons. The van der Waals surface area contributed by atoms with Crippen molar-refractivity contribution in [3.05, 3.63) is 163 Å². The van der Waals surface area contributed by atoms with Crippen LogP contribution in [0, 0.1) is 6.92 Å². The molecule has 11 aromatic rings. The topological polar surface area (TPSA) is 26.0 Å². The van der Waals surface area contributed by atoms with Crippen molar-refractivity contribution in [1.29, 1.82) is 0 Å². The number of pyridine rings is 1. The third kappa shape index (κ3) is 4.13. The lowest BCUT2D eigenvalue weighted by Gasteiger charge is -2.18. The van der Waals surface area contributed by atoms with Crippen molar-refractivity contribution in [1.82, 2.24) is 4.98 Å². The van der Waals surface area contributed by atoms with E-state index in [2.05, 4.69) is 158 Å². The van der Waals surface area contributed by atoms with Gasteiger partial charge in [-0.25, -0.2) is 0 Å². The molecular weight excluding hydrogens is 639 g/mol. The molecule has 0 saturated carbocycles. The standard InChI is InChI=1S/C48H29NOS/c1-28-11-10-26-49-46(28)30-22-20-29(21-23-30)42-32-12-2-4-14-34(32)43(35-15-5-3-13-33(35)42)31-24-25-40-39(27-31)44-45-38-18-8-9-19-41(38)51-48(45)37-17-7-6-16-36(37)47(44)50-40/h2-27H,1H3. The van der Waals surface area contributed by atoms with E-state index in [1.165, 1.54) is 80.3 Å². The summed E-state index contributed by atoms with van der Waals surface area (Å²) in [6.07, 6.45) is 1.87. The summed E-state index contributed by atoms with van der Waals surface area (Å²) in [7, 11) is 0. The van der Waals surface area contributed by atoms with Crippen LogP contribution in [0.2, 0.25) is 0 Å². The molecule has 0 atom stereocenters. The Labute approximate surface area is 297 Å². The first-order chi connectivity index (χ1) is 25.2. The highest BCUT2D eigenvalue weighted by molar-refractivity contribution is 7.27. The van der Waals surface area contributed by atoms with Crippen LogP contribution in [0.25, 0.3) is 108 Å². The number of rotatable bonds is 3. The lowest BCUT2D eigenvalue weighted by molar-refractivity contribution is 0.673. The molecule has 0 fully saturated rings. The van der Waals surface area contributed by atoms with E-state index in [4.69, 9.17) is 4.42 Å². The summed E-state index contributed by atoms with van der Waals surface area (Å²) in [5.74, 6) is 0. The zero-order valence-electron chi connectivity index (χ0n) is 27.8. The number of hydrogen-bond donors (Lipinski definition) is 0. The van der Waals surface area contributed by atoms with Crippen molar-refractivity contribution in [3.8, 4) is 33.5 Å². The maximum absolute atomic E-state index is 6.78. The molecule has 11 rings (SSSR count). The monoisotopic (exact) mass is 667 g/mol. The number of nitrogens with zero attached hydrogens (tertiary/aromatic N) is 1. The van der Waals surface area contributed by atoms with Crippen LogP contribution in [0.1, 0.15) is 5.56 Å². The molecule has 0 amide bonds. The number of furan rings is 1. The molecule has 238 valence electrons. The van der Waals surface area contributed by atoms with E-state index in [0.717, 1.165) is 33.2 Å². The van der Waals surface area contributed by atoms with Gasteiger partial charge in [0.25, 0.3) is 0 Å². The third-order valence-corrected chi connectivity index (χ3v) is 11.8. The van der Waals surface area contributed by atoms with E-state index >= 15 is 0 Å². The van der Waals surface area contributed by atoms with Crippen LogP contribution in [0.3, 0.4) is 0 Å². The molecule has 0 N–H and O–H groups in total. The zero-order chi connectivity index (χ0) is 33.6. The summed E-state index contributed by atoms with van der Waals surface area (Å²) >= 11 is 1.88. The molecular formula is C48H29NOS. The van der Waals surface area contributed by atoms with E-state index in [1.54, 1.807) is 0 Å². The molecule has 0 unspecified atom stereocenters. The highest BCUT2D eigenvalue weighted by Crippen LogP contribution is 2.49. The number of thiophene rings is 1. The zero-order valence-corrected chi connectivity index (χ0v) is 28.6. The fraction of sp³-hybridized carbons (Fsp3) is 0.0208. The van der Waals surface area contributed by atoms with Gasteiger partial charge in [0.1, 0.15) is 11.2 Å². The Balaban J connectivity index is 1.20. The van der Waals surface area contributed by atoms with Gasteiger partial charge in [-0.15, -0.1) is 11.3 Å². The van der Waals surface area contributed by atoms with E-state index < -0.39 is 0 Å². The Morgan fingerprint density at radius 2 is 1.04 bits per heavy atom. The van der Waals surface area contributed by atoms with Crippen molar-refractivity contribution in [2.24, 2.45) is 0 Å². The van der Waals surface area contributed by atoms with Gasteiger partial charge in [0.05, 0.1) is 5.69 Å². The van der Waals surface area contributed by atoms with Crippen molar-refractivity contribution in [2.45, 2.75) is 6.92 Å². The van der Waals surface area contributed by atoms with Gasteiger partial charge < -0.3 is 4.42 Å². The van der Waals surface area contributed by atoms with Crippen LogP contribution in [-0.2, 0) is 0 Å². The van der Waals surface area contributed by atoms with Crippen LogP contribution in [-0.4, -0.2) is 4.98 Å². The van der Waals surface area contributed by atoms with E-state index in [9.17, 15) is 0 Å². The first-order valence-corrected chi connectivity index (χ1v) is 18.2. The Kier molecular flexibility index (Phi) is 6.07. The molecule has 0 aliphatic heterocycles. The van der Waals surface area contributed by atoms with Crippen molar-refractivity contribution in [3.63, 3.8) is 0 Å². The van der Waals surface area contributed by atoms with Gasteiger partial charge in [-0.3, -0.25) is 4.98 Å². The van der Waals surface area contributed by atoms with Crippen LogP contribution in [0.15, 0.2) is 162 Å². The first kappa shape index (κ1) is 28.5. The van der Waals surface area contributed by atoms with E-state index in [-0.39, 0.29) is 0 Å². The van der Waals surface area contributed by atoms with E-state index in [1.807, 2.05) is 23.6 Å². The predicted octanol–water partition coefficient (Wildman–Crippen LogP) is 14.1. The number of fused-ring (bicyclic) bond motifs is 12. The third-order valence-electron chi connectivity index (χ3n) is 10.6. The SMILES string of the molecule is Cc1cccnc1-c1ccc(-c2c3ccccc3c(-c3ccc4oc5c6ccccc6c6sc7ccccc7c6c5c4c3)c3ccccc23)cc1. The van der Waals surface area contributed by atoms with Gasteiger partial charge in [0, 0.05) is 53.5 Å². The van der Waals surface area contributed by atoms with Gasteiger partial charge in [0.2, 0.25) is 0 Å². The molecule has 0 saturated heterocycles. The highest BCUT2D eigenvalue weighted by atomic mass is 32.1. The lowest BCUT2D eigenvalue weighted by atomic mass is 9.85. The van der Waals surface area contributed by atoms with Crippen molar-refractivity contribution < 1.29 is 4.42 Å². The average Bonchev–Trinajstić information content (AvgIpc) is 3.76. The lowest BCUT2D eigenvalue weighted by Crippen LogP contribution is -1.91. The summed E-state index contributed by atoms with van der Waals surface area (Å²) in [6, 6.07) is 55.0. The number of benzene rings is 8. The fourth-order valence-corrected chi connectivity index (χ4v) is 9.64. The molecule has 2 nitrogen and oxygen atoms in total. The number of hydrogen-bond acceptors (Lipinski definition) is 3. The summed E-state index contributed by atoms with van der Waals surface area (Å²) in [5, 5.41) is 12.3. The van der Waals surface area contributed by atoms with Gasteiger partial charge >= 0.3 is 0 Å². The molecule has 0 aliphatic rings. The summed E-state index contributed by atoms with van der Waals surface area (Å²) < 4.78 is 9.40. The molecule has 0 bridgehead atoms. The largest absolute Gasteiger partial charge is 0.455 e. The van der Waals surface area contributed by atoms with Gasteiger partial charge in [-0.2, -0.15) is 0 Å². The second-order valence-electron chi connectivity index (χ2n) is 13.5. The van der Waals surface area contributed by atoms with Gasteiger partial charge in [0.15, 0.2) is 0 Å². The molecule has 51 heavy (non-hydrogen) atoms. The average molecular weight is 668 g/mol. The Hall–Kier alpha value is -6.29. The molecule has 0 aliphatic carbocycles. The van der Waals surface area contributed by atoms with Gasteiger partial charge in [-0.1, -0.05) is 127 Å². The van der Waals surface area contributed by atoms with Crippen LogP contribution < -0.4 is 0 Å². The predicted molar refractivity (Wildman–Crippen MR) is 218 cm³/mol. The summed E-state index contributed by atoms with van der Waals surface area (Å²) in [4.78, 5) is 4.67. The first-order valence-electron chi connectivity index (χ1n) is 17.4. The van der Waals surface area contributed by atoms with Gasteiger partial charge in [-0.05, 0) is 80.6 Å². The number of aryl methyl sites for hydroxylation is 1. The smallest absolute Gasteiger partial charge is 0.143 e. The second kappa shape index (κ2) is 10.9.